The lowest BCUT2D eigenvalue weighted by atomic mass is 10.1. The van der Waals surface area contributed by atoms with E-state index in [0.717, 1.165) is 18.2 Å². The number of ether oxygens (including phenoxy) is 1. The summed E-state index contributed by atoms with van der Waals surface area (Å²) >= 11 is 5.91. The average molecular weight is 270 g/mol. The zero-order valence-corrected chi connectivity index (χ0v) is 12.5. The third kappa shape index (κ3) is 5.85. The molecule has 0 spiro atoms. The molecule has 0 saturated carbocycles. The molecule has 0 aliphatic rings. The number of nitrogens with one attached hydrogen (secondary N) is 1. The first-order valence-electron chi connectivity index (χ1n) is 6.59. The van der Waals surface area contributed by atoms with E-state index in [0.29, 0.717) is 12.0 Å². The third-order valence-corrected chi connectivity index (χ3v) is 2.84. The molecular formula is C15H24ClNO. The summed E-state index contributed by atoms with van der Waals surface area (Å²) in [5.41, 5.74) is 1.17. The lowest BCUT2D eigenvalue weighted by Gasteiger charge is -2.21. The molecule has 18 heavy (non-hydrogen) atoms. The maximum absolute atomic E-state index is 5.97. The highest BCUT2D eigenvalue weighted by Gasteiger charge is 2.13. The first kappa shape index (κ1) is 15.5. The molecule has 0 heterocycles. The molecule has 0 bridgehead atoms. The quantitative estimate of drug-likeness (QED) is 0.806. The second-order valence-electron chi connectivity index (χ2n) is 5.33. The number of benzene rings is 1. The Morgan fingerprint density at radius 2 is 1.72 bits per heavy atom. The van der Waals surface area contributed by atoms with Crippen molar-refractivity contribution in [1.29, 1.82) is 0 Å². The first-order chi connectivity index (χ1) is 8.49. The SMILES string of the molecule is CC(C)COC(CNC(C)C)c1ccc(Cl)cc1. The monoisotopic (exact) mass is 269 g/mol. The van der Waals surface area contributed by atoms with Crippen molar-refractivity contribution in [3.8, 4) is 0 Å². The van der Waals surface area contributed by atoms with Gasteiger partial charge in [-0.15, -0.1) is 0 Å². The minimum absolute atomic E-state index is 0.0899. The van der Waals surface area contributed by atoms with Gasteiger partial charge in [0.1, 0.15) is 0 Å². The Morgan fingerprint density at radius 1 is 1.11 bits per heavy atom. The molecule has 0 saturated heterocycles. The Balaban J connectivity index is 2.66. The van der Waals surface area contributed by atoms with Gasteiger partial charge in [0.05, 0.1) is 6.10 Å². The van der Waals surface area contributed by atoms with Crippen LogP contribution >= 0.6 is 11.6 Å². The van der Waals surface area contributed by atoms with Crippen LogP contribution in [0.3, 0.4) is 0 Å². The van der Waals surface area contributed by atoms with Gasteiger partial charge < -0.3 is 10.1 Å². The van der Waals surface area contributed by atoms with Gasteiger partial charge in [-0.25, -0.2) is 0 Å². The van der Waals surface area contributed by atoms with Crippen molar-refractivity contribution in [1.82, 2.24) is 5.32 Å². The van der Waals surface area contributed by atoms with E-state index in [-0.39, 0.29) is 6.10 Å². The third-order valence-electron chi connectivity index (χ3n) is 2.58. The van der Waals surface area contributed by atoms with Gasteiger partial charge in [-0.05, 0) is 23.6 Å². The van der Waals surface area contributed by atoms with E-state index in [2.05, 4.69) is 33.0 Å². The van der Waals surface area contributed by atoms with E-state index in [1.807, 2.05) is 24.3 Å². The molecule has 0 aromatic heterocycles. The maximum Gasteiger partial charge on any atom is 0.0949 e. The number of hydrogen-bond donors (Lipinski definition) is 1. The van der Waals surface area contributed by atoms with Crippen LogP contribution in [-0.4, -0.2) is 19.2 Å². The molecule has 1 aromatic carbocycles. The molecule has 0 aliphatic heterocycles. The van der Waals surface area contributed by atoms with Crippen molar-refractivity contribution in [3.63, 3.8) is 0 Å². The van der Waals surface area contributed by atoms with E-state index < -0.39 is 0 Å². The highest BCUT2D eigenvalue weighted by atomic mass is 35.5. The predicted octanol–water partition coefficient (Wildman–Crippen LogP) is 4.05. The number of halogens is 1. The highest BCUT2D eigenvalue weighted by Crippen LogP contribution is 2.20. The molecule has 1 N–H and O–H groups in total. The number of rotatable bonds is 7. The predicted molar refractivity (Wildman–Crippen MR) is 78.1 cm³/mol. The largest absolute Gasteiger partial charge is 0.372 e. The van der Waals surface area contributed by atoms with Crippen LogP contribution in [0.5, 0.6) is 0 Å². The van der Waals surface area contributed by atoms with E-state index in [1.165, 1.54) is 5.56 Å². The summed E-state index contributed by atoms with van der Waals surface area (Å²) in [6, 6.07) is 8.36. The molecule has 2 nitrogen and oxygen atoms in total. The molecule has 1 unspecified atom stereocenters. The smallest absolute Gasteiger partial charge is 0.0949 e. The van der Waals surface area contributed by atoms with Gasteiger partial charge in [-0.3, -0.25) is 0 Å². The van der Waals surface area contributed by atoms with E-state index in [4.69, 9.17) is 16.3 Å². The van der Waals surface area contributed by atoms with Crippen LogP contribution in [0.4, 0.5) is 0 Å². The minimum atomic E-state index is 0.0899. The fourth-order valence-corrected chi connectivity index (χ4v) is 1.73. The van der Waals surface area contributed by atoms with Crippen LogP contribution < -0.4 is 5.32 Å². The van der Waals surface area contributed by atoms with Crippen LogP contribution in [0, 0.1) is 5.92 Å². The summed E-state index contributed by atoms with van der Waals surface area (Å²) in [7, 11) is 0. The Hall–Kier alpha value is -0.570. The summed E-state index contributed by atoms with van der Waals surface area (Å²) in [5, 5.41) is 4.19. The summed E-state index contributed by atoms with van der Waals surface area (Å²) < 4.78 is 5.97. The first-order valence-corrected chi connectivity index (χ1v) is 6.97. The molecule has 0 fully saturated rings. The lowest BCUT2D eigenvalue weighted by molar-refractivity contribution is 0.0340. The maximum atomic E-state index is 5.97. The van der Waals surface area contributed by atoms with Gasteiger partial charge in [0.25, 0.3) is 0 Å². The van der Waals surface area contributed by atoms with Crippen molar-refractivity contribution < 1.29 is 4.74 Å². The fraction of sp³-hybridized carbons (Fsp3) is 0.600. The van der Waals surface area contributed by atoms with Crippen LogP contribution in [0.15, 0.2) is 24.3 Å². The Bertz CT molecular complexity index is 323. The second kappa shape index (κ2) is 7.78. The lowest BCUT2D eigenvalue weighted by Crippen LogP contribution is -2.29. The molecule has 3 heteroatoms. The van der Waals surface area contributed by atoms with E-state index >= 15 is 0 Å². The molecule has 1 rings (SSSR count). The van der Waals surface area contributed by atoms with E-state index in [9.17, 15) is 0 Å². The second-order valence-corrected chi connectivity index (χ2v) is 5.77. The summed E-state index contributed by atoms with van der Waals surface area (Å²) in [5.74, 6) is 0.541. The zero-order valence-electron chi connectivity index (χ0n) is 11.7. The van der Waals surface area contributed by atoms with E-state index in [1.54, 1.807) is 0 Å². The number of hydrogen-bond acceptors (Lipinski definition) is 2. The van der Waals surface area contributed by atoms with Crippen LogP contribution in [0.25, 0.3) is 0 Å². The average Bonchev–Trinajstić information content (AvgIpc) is 2.30. The van der Waals surface area contributed by atoms with Gasteiger partial charge in [0.15, 0.2) is 0 Å². The highest BCUT2D eigenvalue weighted by molar-refractivity contribution is 6.30. The minimum Gasteiger partial charge on any atom is -0.372 e. The molecule has 0 amide bonds. The van der Waals surface area contributed by atoms with Gasteiger partial charge >= 0.3 is 0 Å². The molecule has 0 aliphatic carbocycles. The normalized spacial score (nSPS) is 13.3. The molecule has 102 valence electrons. The fourth-order valence-electron chi connectivity index (χ4n) is 1.60. The molecular weight excluding hydrogens is 246 g/mol. The van der Waals surface area contributed by atoms with Crippen molar-refractivity contribution in [2.45, 2.75) is 39.8 Å². The van der Waals surface area contributed by atoms with Gasteiger partial charge in [0.2, 0.25) is 0 Å². The zero-order chi connectivity index (χ0) is 13.5. The summed E-state index contributed by atoms with van der Waals surface area (Å²) in [4.78, 5) is 0. The van der Waals surface area contributed by atoms with Gasteiger partial charge in [0, 0.05) is 24.2 Å². The molecule has 0 radical (unpaired) electrons. The summed E-state index contributed by atoms with van der Waals surface area (Å²) in [6.45, 7) is 10.2. The topological polar surface area (TPSA) is 21.3 Å². The Labute approximate surface area is 116 Å². The molecule has 1 atom stereocenters. The van der Waals surface area contributed by atoms with Crippen LogP contribution in [0.2, 0.25) is 5.02 Å². The van der Waals surface area contributed by atoms with Crippen molar-refractivity contribution in [2.24, 2.45) is 5.92 Å². The van der Waals surface area contributed by atoms with Gasteiger partial charge in [-0.1, -0.05) is 51.4 Å². The Morgan fingerprint density at radius 3 is 2.22 bits per heavy atom. The van der Waals surface area contributed by atoms with Crippen molar-refractivity contribution in [2.75, 3.05) is 13.2 Å². The van der Waals surface area contributed by atoms with Gasteiger partial charge in [-0.2, -0.15) is 0 Å². The van der Waals surface area contributed by atoms with Crippen molar-refractivity contribution in [3.05, 3.63) is 34.9 Å². The van der Waals surface area contributed by atoms with Crippen LogP contribution in [0.1, 0.15) is 39.4 Å². The Kier molecular flexibility index (Phi) is 6.69. The standard InChI is InChI=1S/C15H24ClNO/c1-11(2)10-18-15(9-17-12(3)4)13-5-7-14(16)8-6-13/h5-8,11-12,15,17H,9-10H2,1-4H3. The van der Waals surface area contributed by atoms with Crippen molar-refractivity contribution >= 4 is 11.6 Å². The summed E-state index contributed by atoms with van der Waals surface area (Å²) in [6.07, 6.45) is 0.0899. The molecule has 1 aromatic rings. The van der Waals surface area contributed by atoms with Crippen LogP contribution in [-0.2, 0) is 4.74 Å².